The van der Waals surface area contributed by atoms with Crippen LogP contribution in [0.3, 0.4) is 0 Å². The monoisotopic (exact) mass is 432 g/mol. The summed E-state index contributed by atoms with van der Waals surface area (Å²) in [6.45, 7) is 3.65. The number of hydrogen-bond donors (Lipinski definition) is 1. The molecule has 0 saturated carbocycles. The number of nitrogens with one attached hydrogen (secondary N) is 1. The molecule has 0 bridgehead atoms. The van der Waals surface area contributed by atoms with Crippen molar-refractivity contribution in [2.45, 2.75) is 25.7 Å². The Hall–Kier alpha value is -3.52. The third-order valence-electron chi connectivity index (χ3n) is 6.56. The minimum absolute atomic E-state index is 0.130. The van der Waals surface area contributed by atoms with Crippen molar-refractivity contribution in [3.63, 3.8) is 0 Å². The molecule has 1 N–H and O–H groups in total. The van der Waals surface area contributed by atoms with Crippen molar-refractivity contribution in [1.82, 2.24) is 14.4 Å². The van der Waals surface area contributed by atoms with E-state index in [4.69, 9.17) is 4.74 Å². The van der Waals surface area contributed by atoms with E-state index in [0.717, 1.165) is 34.6 Å². The summed E-state index contributed by atoms with van der Waals surface area (Å²) in [7, 11) is 0. The average Bonchev–Trinajstić information content (AvgIpc) is 3.52. The van der Waals surface area contributed by atoms with Crippen molar-refractivity contribution in [3.05, 3.63) is 75.2 Å². The van der Waals surface area contributed by atoms with Crippen LogP contribution in [0, 0.1) is 12.7 Å². The Morgan fingerprint density at radius 3 is 2.94 bits per heavy atom. The zero-order chi connectivity index (χ0) is 22.0. The molecule has 2 aliphatic heterocycles. The van der Waals surface area contributed by atoms with E-state index in [1.54, 1.807) is 23.2 Å². The van der Waals surface area contributed by atoms with Gasteiger partial charge >= 0.3 is 0 Å². The number of imidazole rings is 1. The predicted octanol–water partition coefficient (Wildman–Crippen LogP) is 3.33. The highest BCUT2D eigenvalue weighted by molar-refractivity contribution is 6.09. The SMILES string of the molecule is Cc1cc2c(cc1C(=O)N1CCc3cc(F)ccc31)[nH]c(=O)c1cnc(C3CCOC3)n12. The quantitative estimate of drug-likeness (QED) is 0.527. The molecule has 4 heterocycles. The topological polar surface area (TPSA) is 79.7 Å². The lowest BCUT2D eigenvalue weighted by Crippen LogP contribution is -2.29. The summed E-state index contributed by atoms with van der Waals surface area (Å²) < 4.78 is 21.0. The van der Waals surface area contributed by atoms with Gasteiger partial charge in [0, 0.05) is 30.3 Å². The normalized spacial score (nSPS) is 18.1. The Kier molecular flexibility index (Phi) is 4.19. The summed E-state index contributed by atoms with van der Waals surface area (Å²) >= 11 is 0. The zero-order valence-corrected chi connectivity index (χ0v) is 17.5. The molecule has 2 aliphatic rings. The molecular weight excluding hydrogens is 411 g/mol. The molecule has 2 aromatic carbocycles. The Labute approximate surface area is 182 Å². The first-order valence-corrected chi connectivity index (χ1v) is 10.7. The van der Waals surface area contributed by atoms with Crippen LogP contribution >= 0.6 is 0 Å². The van der Waals surface area contributed by atoms with Crippen molar-refractivity contribution in [2.75, 3.05) is 24.7 Å². The maximum absolute atomic E-state index is 13.6. The third kappa shape index (κ3) is 2.79. The highest BCUT2D eigenvalue weighted by atomic mass is 19.1. The number of halogens is 1. The van der Waals surface area contributed by atoms with E-state index in [2.05, 4.69) is 9.97 Å². The smallest absolute Gasteiger partial charge is 0.274 e. The Bertz CT molecular complexity index is 1470. The highest BCUT2D eigenvalue weighted by Crippen LogP contribution is 2.32. The number of anilines is 1. The number of H-pyrrole nitrogens is 1. The third-order valence-corrected chi connectivity index (χ3v) is 6.56. The maximum Gasteiger partial charge on any atom is 0.274 e. The van der Waals surface area contributed by atoms with E-state index in [1.165, 1.54) is 12.1 Å². The van der Waals surface area contributed by atoms with E-state index in [0.29, 0.717) is 42.8 Å². The summed E-state index contributed by atoms with van der Waals surface area (Å²) in [6.07, 6.45) is 3.07. The molecule has 1 amide bonds. The summed E-state index contributed by atoms with van der Waals surface area (Å²) in [5.41, 5.74) is 4.48. The molecule has 4 aromatic rings. The average molecular weight is 432 g/mol. The number of hydrogen-bond acceptors (Lipinski definition) is 4. The summed E-state index contributed by atoms with van der Waals surface area (Å²) in [4.78, 5) is 35.3. The van der Waals surface area contributed by atoms with Crippen LogP contribution in [0.25, 0.3) is 16.6 Å². The van der Waals surface area contributed by atoms with Gasteiger partial charge in [-0.05, 0) is 61.2 Å². The molecule has 162 valence electrons. The number of fused-ring (bicyclic) bond motifs is 4. The van der Waals surface area contributed by atoms with E-state index in [1.807, 2.05) is 17.4 Å². The molecule has 1 fully saturated rings. The van der Waals surface area contributed by atoms with Gasteiger partial charge in [0.25, 0.3) is 11.5 Å². The van der Waals surface area contributed by atoms with Gasteiger partial charge in [0.05, 0.1) is 23.8 Å². The Balaban J connectivity index is 1.49. The van der Waals surface area contributed by atoms with Gasteiger partial charge in [0.15, 0.2) is 0 Å². The van der Waals surface area contributed by atoms with Gasteiger partial charge in [-0.25, -0.2) is 9.37 Å². The van der Waals surface area contributed by atoms with Crippen LogP contribution < -0.4 is 10.5 Å². The number of aromatic amines is 1. The van der Waals surface area contributed by atoms with Crippen LogP contribution in [0.1, 0.15) is 39.6 Å². The minimum atomic E-state index is -0.301. The number of nitrogens with zero attached hydrogens (tertiary/aromatic N) is 3. The van der Waals surface area contributed by atoms with Crippen LogP contribution in [0.5, 0.6) is 0 Å². The molecule has 1 atom stereocenters. The summed E-state index contributed by atoms with van der Waals surface area (Å²) in [5.74, 6) is 0.476. The summed E-state index contributed by atoms with van der Waals surface area (Å²) in [5, 5.41) is 0. The zero-order valence-electron chi connectivity index (χ0n) is 17.5. The van der Waals surface area contributed by atoms with Crippen LogP contribution in [0.2, 0.25) is 0 Å². The molecule has 32 heavy (non-hydrogen) atoms. The second-order valence-corrected chi connectivity index (χ2v) is 8.52. The van der Waals surface area contributed by atoms with Gasteiger partial charge in [0.1, 0.15) is 17.2 Å². The molecule has 2 aromatic heterocycles. The second kappa shape index (κ2) is 7.00. The predicted molar refractivity (Wildman–Crippen MR) is 118 cm³/mol. The number of aryl methyl sites for hydroxylation is 1. The molecule has 0 spiro atoms. The van der Waals surface area contributed by atoms with E-state index < -0.39 is 0 Å². The number of carbonyl (C=O) groups is 1. The number of rotatable bonds is 2. The van der Waals surface area contributed by atoms with Gasteiger partial charge in [-0.2, -0.15) is 0 Å². The van der Waals surface area contributed by atoms with Crippen LogP contribution in [-0.4, -0.2) is 40.0 Å². The number of aromatic nitrogens is 3. The maximum atomic E-state index is 13.6. The Morgan fingerprint density at radius 2 is 2.12 bits per heavy atom. The fourth-order valence-electron chi connectivity index (χ4n) is 4.93. The first kappa shape index (κ1) is 19.2. The number of carbonyl (C=O) groups excluding carboxylic acids is 1. The molecule has 1 saturated heterocycles. The lowest BCUT2D eigenvalue weighted by atomic mass is 10.0. The largest absolute Gasteiger partial charge is 0.381 e. The number of amides is 1. The highest BCUT2D eigenvalue weighted by Gasteiger charge is 2.28. The van der Waals surface area contributed by atoms with Crippen LogP contribution in [0.4, 0.5) is 10.1 Å². The van der Waals surface area contributed by atoms with E-state index >= 15 is 0 Å². The van der Waals surface area contributed by atoms with Crippen molar-refractivity contribution < 1.29 is 13.9 Å². The standard InChI is InChI=1S/C24H21FN4O3/c1-13-8-20-18(27-23(30)21-11-26-22(29(20)21)15-5-7-32-12-15)10-17(13)24(31)28-6-4-14-9-16(25)2-3-19(14)28/h2-3,8-11,15H,4-7,12H2,1H3,(H,27,30). The molecule has 1 unspecified atom stereocenters. The van der Waals surface area contributed by atoms with Gasteiger partial charge in [0.2, 0.25) is 0 Å². The lowest BCUT2D eigenvalue weighted by molar-refractivity contribution is 0.0989. The molecular formula is C24H21FN4O3. The fourth-order valence-corrected chi connectivity index (χ4v) is 4.93. The molecule has 6 rings (SSSR count). The molecule has 7 nitrogen and oxygen atoms in total. The number of ether oxygens (including phenoxy) is 1. The number of benzene rings is 2. The van der Waals surface area contributed by atoms with E-state index in [9.17, 15) is 14.0 Å². The van der Waals surface area contributed by atoms with Crippen LogP contribution in [-0.2, 0) is 11.2 Å². The van der Waals surface area contributed by atoms with Crippen molar-refractivity contribution in [1.29, 1.82) is 0 Å². The van der Waals surface area contributed by atoms with Gasteiger partial charge in [-0.15, -0.1) is 0 Å². The van der Waals surface area contributed by atoms with Gasteiger partial charge in [-0.3, -0.25) is 14.0 Å². The summed E-state index contributed by atoms with van der Waals surface area (Å²) in [6, 6.07) is 8.17. The van der Waals surface area contributed by atoms with E-state index in [-0.39, 0.29) is 23.2 Å². The Morgan fingerprint density at radius 1 is 1.25 bits per heavy atom. The first-order valence-electron chi connectivity index (χ1n) is 10.7. The molecule has 0 radical (unpaired) electrons. The van der Waals surface area contributed by atoms with Crippen molar-refractivity contribution in [2.24, 2.45) is 0 Å². The molecule has 8 heteroatoms. The molecule has 0 aliphatic carbocycles. The fraction of sp³-hybridized carbons (Fsp3) is 0.292. The first-order chi connectivity index (χ1) is 15.5. The van der Waals surface area contributed by atoms with Gasteiger partial charge < -0.3 is 14.6 Å². The lowest BCUT2D eigenvalue weighted by Gasteiger charge is -2.19. The van der Waals surface area contributed by atoms with Crippen molar-refractivity contribution in [3.8, 4) is 0 Å². The minimum Gasteiger partial charge on any atom is -0.381 e. The van der Waals surface area contributed by atoms with Crippen molar-refractivity contribution >= 4 is 28.1 Å². The van der Waals surface area contributed by atoms with Crippen LogP contribution in [0.15, 0.2) is 41.3 Å². The van der Waals surface area contributed by atoms with Gasteiger partial charge in [-0.1, -0.05) is 0 Å². The second-order valence-electron chi connectivity index (χ2n) is 8.52.